The number of nitrogens with one attached hydrogen (secondary N) is 1. The zero-order valence-electron chi connectivity index (χ0n) is 11.2. The molecule has 2 N–H and O–H groups in total. The van der Waals surface area contributed by atoms with Gasteiger partial charge in [0.1, 0.15) is 0 Å². The lowest BCUT2D eigenvalue weighted by Crippen LogP contribution is -2.48. The van der Waals surface area contributed by atoms with Gasteiger partial charge >= 0.3 is 0 Å². The van der Waals surface area contributed by atoms with Crippen molar-refractivity contribution < 1.29 is 14.6 Å². The standard InChI is InChI=1S/C14H19ClN2O3/c15-12-3-1-2-4-13(12)16-14(19)5-6-17-7-8-20-10-11(17)9-18/h1-4,11,18H,5-10H2,(H,16,19). The van der Waals surface area contributed by atoms with Crippen LogP contribution < -0.4 is 5.32 Å². The van der Waals surface area contributed by atoms with Crippen molar-refractivity contribution in [2.75, 3.05) is 38.2 Å². The number of carbonyl (C=O) groups is 1. The molecule has 1 aliphatic heterocycles. The summed E-state index contributed by atoms with van der Waals surface area (Å²) < 4.78 is 5.30. The van der Waals surface area contributed by atoms with E-state index in [1.165, 1.54) is 0 Å². The second kappa shape index (κ2) is 7.59. The van der Waals surface area contributed by atoms with E-state index in [9.17, 15) is 9.90 Å². The van der Waals surface area contributed by atoms with Gasteiger partial charge in [0.05, 0.1) is 36.6 Å². The van der Waals surface area contributed by atoms with Crippen LogP contribution in [0.5, 0.6) is 0 Å². The maximum Gasteiger partial charge on any atom is 0.225 e. The largest absolute Gasteiger partial charge is 0.395 e. The monoisotopic (exact) mass is 298 g/mol. The van der Waals surface area contributed by atoms with E-state index >= 15 is 0 Å². The van der Waals surface area contributed by atoms with Crippen molar-refractivity contribution >= 4 is 23.2 Å². The normalized spacial score (nSPS) is 19.8. The molecule has 0 radical (unpaired) electrons. The first-order valence-electron chi connectivity index (χ1n) is 6.67. The molecular weight excluding hydrogens is 280 g/mol. The van der Waals surface area contributed by atoms with E-state index in [4.69, 9.17) is 16.3 Å². The number of carbonyl (C=O) groups excluding carboxylic acids is 1. The predicted molar refractivity (Wildman–Crippen MR) is 78.0 cm³/mol. The molecule has 110 valence electrons. The zero-order valence-corrected chi connectivity index (χ0v) is 12.0. The van der Waals surface area contributed by atoms with Crippen molar-refractivity contribution in [1.29, 1.82) is 0 Å². The number of aliphatic hydroxyl groups excluding tert-OH is 1. The Labute approximate surface area is 123 Å². The molecule has 0 saturated carbocycles. The fraction of sp³-hybridized carbons (Fsp3) is 0.500. The van der Waals surface area contributed by atoms with Crippen LogP contribution in [0.1, 0.15) is 6.42 Å². The van der Waals surface area contributed by atoms with E-state index in [1.54, 1.807) is 12.1 Å². The fourth-order valence-electron chi connectivity index (χ4n) is 2.17. The minimum Gasteiger partial charge on any atom is -0.395 e. The van der Waals surface area contributed by atoms with Gasteiger partial charge in [-0.1, -0.05) is 23.7 Å². The maximum atomic E-state index is 11.9. The molecule has 2 rings (SSSR count). The number of nitrogens with zero attached hydrogens (tertiary/aromatic N) is 1. The summed E-state index contributed by atoms with van der Waals surface area (Å²) in [5.74, 6) is -0.0821. The first-order valence-corrected chi connectivity index (χ1v) is 7.05. The number of rotatable bonds is 5. The van der Waals surface area contributed by atoms with Crippen LogP contribution in [0, 0.1) is 0 Å². The van der Waals surface area contributed by atoms with Gasteiger partial charge in [-0.05, 0) is 12.1 Å². The number of benzene rings is 1. The van der Waals surface area contributed by atoms with Gasteiger partial charge in [-0.3, -0.25) is 9.69 Å². The first kappa shape index (κ1) is 15.3. The quantitative estimate of drug-likeness (QED) is 0.862. The molecule has 1 aromatic rings. The van der Waals surface area contributed by atoms with Crippen molar-refractivity contribution in [1.82, 2.24) is 4.90 Å². The molecule has 1 unspecified atom stereocenters. The molecule has 5 nitrogen and oxygen atoms in total. The van der Waals surface area contributed by atoms with Gasteiger partial charge < -0.3 is 15.2 Å². The van der Waals surface area contributed by atoms with E-state index in [0.29, 0.717) is 36.9 Å². The van der Waals surface area contributed by atoms with Crippen LogP contribution in [0.15, 0.2) is 24.3 Å². The Bertz CT molecular complexity index is 456. The molecule has 6 heteroatoms. The predicted octanol–water partition coefficient (Wildman–Crippen LogP) is 1.36. The molecule has 1 atom stereocenters. The summed E-state index contributed by atoms with van der Waals surface area (Å²) in [5, 5.41) is 12.6. The van der Waals surface area contributed by atoms with E-state index in [1.807, 2.05) is 12.1 Å². The van der Waals surface area contributed by atoms with Crippen LogP contribution in [0.25, 0.3) is 0 Å². The van der Waals surface area contributed by atoms with E-state index in [0.717, 1.165) is 6.54 Å². The highest BCUT2D eigenvalue weighted by Gasteiger charge is 2.22. The Morgan fingerprint density at radius 1 is 1.50 bits per heavy atom. The third-order valence-electron chi connectivity index (χ3n) is 3.33. The van der Waals surface area contributed by atoms with Crippen LogP contribution >= 0.6 is 11.6 Å². The highest BCUT2D eigenvalue weighted by atomic mass is 35.5. The topological polar surface area (TPSA) is 61.8 Å². The van der Waals surface area contributed by atoms with Crippen molar-refractivity contribution in [3.8, 4) is 0 Å². The van der Waals surface area contributed by atoms with Crippen LogP contribution in [-0.4, -0.2) is 54.9 Å². The van der Waals surface area contributed by atoms with Crippen molar-refractivity contribution in [3.63, 3.8) is 0 Å². The van der Waals surface area contributed by atoms with Crippen LogP contribution in [-0.2, 0) is 9.53 Å². The molecule has 1 saturated heterocycles. The zero-order chi connectivity index (χ0) is 14.4. The van der Waals surface area contributed by atoms with E-state index < -0.39 is 0 Å². The van der Waals surface area contributed by atoms with E-state index in [-0.39, 0.29) is 18.6 Å². The lowest BCUT2D eigenvalue weighted by Gasteiger charge is -2.34. The smallest absolute Gasteiger partial charge is 0.225 e. The second-order valence-corrected chi connectivity index (χ2v) is 5.13. The molecule has 1 amide bonds. The minimum atomic E-state index is -0.0821. The summed E-state index contributed by atoms with van der Waals surface area (Å²) in [6, 6.07) is 7.13. The fourth-order valence-corrected chi connectivity index (χ4v) is 2.36. The summed E-state index contributed by atoms with van der Waals surface area (Å²) in [5.41, 5.74) is 0.625. The van der Waals surface area contributed by atoms with Crippen LogP contribution in [0.2, 0.25) is 5.02 Å². The third-order valence-corrected chi connectivity index (χ3v) is 3.66. The van der Waals surface area contributed by atoms with Crippen LogP contribution in [0.4, 0.5) is 5.69 Å². The lowest BCUT2D eigenvalue weighted by molar-refractivity contribution is -0.117. The Hall–Kier alpha value is -1.14. The number of ether oxygens (including phenoxy) is 1. The van der Waals surface area contributed by atoms with E-state index in [2.05, 4.69) is 10.2 Å². The van der Waals surface area contributed by atoms with Gasteiger partial charge in [0.25, 0.3) is 0 Å². The highest BCUT2D eigenvalue weighted by Crippen LogP contribution is 2.20. The molecule has 1 heterocycles. The number of amides is 1. The first-order chi connectivity index (χ1) is 9.70. The van der Waals surface area contributed by atoms with Gasteiger partial charge in [-0.15, -0.1) is 0 Å². The van der Waals surface area contributed by atoms with Crippen molar-refractivity contribution in [3.05, 3.63) is 29.3 Å². The number of hydrogen-bond donors (Lipinski definition) is 2. The maximum absolute atomic E-state index is 11.9. The number of halogens is 1. The molecule has 0 spiro atoms. The molecule has 1 aromatic carbocycles. The lowest BCUT2D eigenvalue weighted by atomic mass is 10.2. The number of hydrogen-bond acceptors (Lipinski definition) is 4. The molecule has 0 aromatic heterocycles. The van der Waals surface area contributed by atoms with Gasteiger partial charge in [0.15, 0.2) is 0 Å². The number of aliphatic hydroxyl groups is 1. The van der Waals surface area contributed by atoms with Gasteiger partial charge in [-0.2, -0.15) is 0 Å². The Morgan fingerprint density at radius 3 is 3.05 bits per heavy atom. The molecule has 20 heavy (non-hydrogen) atoms. The highest BCUT2D eigenvalue weighted by molar-refractivity contribution is 6.33. The van der Waals surface area contributed by atoms with Gasteiger partial charge in [0.2, 0.25) is 5.91 Å². The van der Waals surface area contributed by atoms with Crippen LogP contribution in [0.3, 0.4) is 0 Å². The Balaban J connectivity index is 1.81. The summed E-state index contributed by atoms with van der Waals surface area (Å²) in [4.78, 5) is 14.0. The number of morpholine rings is 1. The second-order valence-electron chi connectivity index (χ2n) is 4.73. The van der Waals surface area contributed by atoms with Crippen molar-refractivity contribution in [2.24, 2.45) is 0 Å². The Morgan fingerprint density at radius 2 is 2.30 bits per heavy atom. The average Bonchev–Trinajstić information content (AvgIpc) is 2.48. The summed E-state index contributed by atoms with van der Waals surface area (Å²) in [6.07, 6.45) is 0.363. The summed E-state index contributed by atoms with van der Waals surface area (Å²) in [6.45, 7) is 2.55. The molecular formula is C14H19ClN2O3. The number of para-hydroxylation sites is 1. The molecule has 1 aliphatic rings. The molecule has 1 fully saturated rings. The molecule has 0 bridgehead atoms. The third kappa shape index (κ3) is 4.18. The van der Waals surface area contributed by atoms with Gasteiger partial charge in [0, 0.05) is 19.5 Å². The summed E-state index contributed by atoms with van der Waals surface area (Å²) in [7, 11) is 0. The SMILES string of the molecule is O=C(CCN1CCOCC1CO)Nc1ccccc1Cl. The van der Waals surface area contributed by atoms with Gasteiger partial charge in [-0.25, -0.2) is 0 Å². The molecule has 0 aliphatic carbocycles. The average molecular weight is 299 g/mol. The number of anilines is 1. The Kier molecular flexibility index (Phi) is 5.79. The minimum absolute atomic E-state index is 0.0168. The van der Waals surface area contributed by atoms with Crippen molar-refractivity contribution in [2.45, 2.75) is 12.5 Å². The summed E-state index contributed by atoms with van der Waals surface area (Å²) >= 11 is 5.99.